The monoisotopic (exact) mass is 364 g/mol. The molecule has 0 radical (unpaired) electrons. The minimum Gasteiger partial charge on any atom is -0.347 e. The molecule has 0 atom stereocenters. The maximum atomic E-state index is 13.0. The van der Waals surface area contributed by atoms with Gasteiger partial charge >= 0.3 is 0 Å². The Morgan fingerprint density at radius 2 is 1.70 bits per heavy atom. The molecule has 138 valence electrons. The van der Waals surface area contributed by atoms with Gasteiger partial charge in [-0.25, -0.2) is 14.4 Å². The Hall–Kier alpha value is -3.28. The number of nitrogens with zero attached hydrogens (tertiary/aromatic N) is 2. The fourth-order valence-corrected chi connectivity index (χ4v) is 2.56. The van der Waals surface area contributed by atoms with Crippen molar-refractivity contribution in [2.45, 2.75) is 27.3 Å². The Morgan fingerprint density at radius 1 is 0.963 bits per heavy atom. The lowest BCUT2D eigenvalue weighted by Crippen LogP contribution is -2.24. The number of carbonyl (C=O) groups is 1. The number of benzene rings is 2. The standard InChI is InChI=1S/C21H21FN4O/c1-13-4-9-18(10-14(13)2)25-21-24-15(3)11-19(26-21)20(27)23-12-16-5-7-17(22)8-6-16/h4-11H,12H2,1-3H3,(H,23,27)(H,24,25,26). The molecule has 0 unspecified atom stereocenters. The molecule has 6 heteroatoms. The second-order valence-electron chi connectivity index (χ2n) is 6.45. The number of amides is 1. The van der Waals surface area contributed by atoms with Crippen molar-refractivity contribution in [2.24, 2.45) is 0 Å². The van der Waals surface area contributed by atoms with E-state index < -0.39 is 0 Å². The van der Waals surface area contributed by atoms with Gasteiger partial charge in [0.1, 0.15) is 11.5 Å². The Morgan fingerprint density at radius 3 is 2.41 bits per heavy atom. The third-order valence-corrected chi connectivity index (χ3v) is 4.22. The first-order valence-corrected chi connectivity index (χ1v) is 8.63. The van der Waals surface area contributed by atoms with Gasteiger partial charge in [-0.1, -0.05) is 18.2 Å². The quantitative estimate of drug-likeness (QED) is 0.711. The first-order chi connectivity index (χ1) is 12.9. The van der Waals surface area contributed by atoms with Gasteiger partial charge in [0.15, 0.2) is 0 Å². The van der Waals surface area contributed by atoms with E-state index in [-0.39, 0.29) is 17.4 Å². The fraction of sp³-hybridized carbons (Fsp3) is 0.190. The Labute approximate surface area is 157 Å². The van der Waals surface area contributed by atoms with Crippen LogP contribution in [0.3, 0.4) is 0 Å². The molecule has 0 spiro atoms. The van der Waals surface area contributed by atoms with Crippen LogP contribution < -0.4 is 10.6 Å². The number of aryl methyl sites for hydroxylation is 3. The van der Waals surface area contributed by atoms with Gasteiger partial charge in [0, 0.05) is 17.9 Å². The number of anilines is 2. The van der Waals surface area contributed by atoms with Crippen molar-refractivity contribution >= 4 is 17.5 Å². The average molecular weight is 364 g/mol. The van der Waals surface area contributed by atoms with Crippen molar-refractivity contribution in [3.8, 4) is 0 Å². The van der Waals surface area contributed by atoms with Gasteiger partial charge in [-0.3, -0.25) is 4.79 Å². The maximum absolute atomic E-state index is 13.0. The number of hydrogen-bond acceptors (Lipinski definition) is 4. The molecule has 3 aromatic rings. The maximum Gasteiger partial charge on any atom is 0.270 e. The summed E-state index contributed by atoms with van der Waals surface area (Å²) in [7, 11) is 0. The van der Waals surface area contributed by atoms with E-state index in [1.165, 1.54) is 17.7 Å². The summed E-state index contributed by atoms with van der Waals surface area (Å²) in [6, 6.07) is 13.6. The van der Waals surface area contributed by atoms with E-state index in [1.54, 1.807) is 18.2 Å². The molecular weight excluding hydrogens is 343 g/mol. The van der Waals surface area contributed by atoms with Crippen LogP contribution in [0.1, 0.15) is 32.9 Å². The molecule has 5 nitrogen and oxygen atoms in total. The van der Waals surface area contributed by atoms with Crippen LogP contribution >= 0.6 is 0 Å². The topological polar surface area (TPSA) is 66.9 Å². The smallest absolute Gasteiger partial charge is 0.270 e. The van der Waals surface area contributed by atoms with Gasteiger partial charge in [0.2, 0.25) is 5.95 Å². The van der Waals surface area contributed by atoms with Crippen molar-refractivity contribution in [3.63, 3.8) is 0 Å². The van der Waals surface area contributed by atoms with E-state index >= 15 is 0 Å². The lowest BCUT2D eigenvalue weighted by molar-refractivity contribution is 0.0945. The predicted molar refractivity (Wildman–Crippen MR) is 104 cm³/mol. The van der Waals surface area contributed by atoms with Crippen LogP contribution in [0.25, 0.3) is 0 Å². The van der Waals surface area contributed by atoms with Crippen molar-refractivity contribution < 1.29 is 9.18 Å². The Kier molecular flexibility index (Phi) is 5.45. The molecule has 2 N–H and O–H groups in total. The van der Waals surface area contributed by atoms with E-state index in [0.717, 1.165) is 16.8 Å². The normalized spacial score (nSPS) is 10.5. The Balaban J connectivity index is 1.72. The van der Waals surface area contributed by atoms with Gasteiger partial charge in [-0.2, -0.15) is 0 Å². The first-order valence-electron chi connectivity index (χ1n) is 8.63. The molecule has 1 amide bonds. The summed E-state index contributed by atoms with van der Waals surface area (Å²) >= 11 is 0. The molecule has 0 aliphatic rings. The van der Waals surface area contributed by atoms with E-state index in [0.29, 0.717) is 18.2 Å². The zero-order valence-electron chi connectivity index (χ0n) is 15.5. The second-order valence-corrected chi connectivity index (χ2v) is 6.45. The zero-order chi connectivity index (χ0) is 19.4. The lowest BCUT2D eigenvalue weighted by atomic mass is 10.1. The number of halogens is 1. The van der Waals surface area contributed by atoms with Crippen LogP contribution in [0.4, 0.5) is 16.0 Å². The van der Waals surface area contributed by atoms with Crippen molar-refractivity contribution in [1.29, 1.82) is 0 Å². The molecule has 3 rings (SSSR count). The molecule has 0 saturated heterocycles. The summed E-state index contributed by atoms with van der Waals surface area (Å²) in [5.74, 6) is -0.253. The number of aromatic nitrogens is 2. The highest BCUT2D eigenvalue weighted by atomic mass is 19.1. The minimum atomic E-state index is -0.312. The van der Waals surface area contributed by atoms with Crippen molar-refractivity contribution in [2.75, 3.05) is 5.32 Å². The van der Waals surface area contributed by atoms with Crippen LogP contribution in [0.15, 0.2) is 48.5 Å². The second kappa shape index (κ2) is 7.95. The predicted octanol–water partition coefficient (Wildman–Crippen LogP) is 4.21. The molecule has 0 bridgehead atoms. The summed E-state index contributed by atoms with van der Waals surface area (Å²) < 4.78 is 13.0. The minimum absolute atomic E-state index is 0.274. The molecule has 1 heterocycles. The zero-order valence-corrected chi connectivity index (χ0v) is 15.5. The summed E-state index contributed by atoms with van der Waals surface area (Å²) in [4.78, 5) is 21.1. The van der Waals surface area contributed by atoms with E-state index in [1.807, 2.05) is 39.0 Å². The molecule has 2 aromatic carbocycles. The van der Waals surface area contributed by atoms with Crippen LogP contribution in [0.5, 0.6) is 0 Å². The van der Waals surface area contributed by atoms with E-state index in [2.05, 4.69) is 20.6 Å². The van der Waals surface area contributed by atoms with Crippen LogP contribution in [0, 0.1) is 26.6 Å². The molecular formula is C21H21FN4O. The summed E-state index contributed by atoms with van der Waals surface area (Å²) in [5.41, 5.74) is 4.99. The third-order valence-electron chi connectivity index (χ3n) is 4.22. The molecule has 1 aromatic heterocycles. The third kappa shape index (κ3) is 4.88. The average Bonchev–Trinajstić information content (AvgIpc) is 2.63. The highest BCUT2D eigenvalue weighted by molar-refractivity contribution is 5.92. The molecule has 0 saturated carbocycles. The van der Waals surface area contributed by atoms with Gasteiger partial charge in [-0.05, 0) is 67.8 Å². The van der Waals surface area contributed by atoms with Crippen LogP contribution in [-0.2, 0) is 6.54 Å². The van der Waals surface area contributed by atoms with Gasteiger partial charge in [0.05, 0.1) is 0 Å². The van der Waals surface area contributed by atoms with Crippen molar-refractivity contribution in [3.05, 3.63) is 82.4 Å². The molecule has 0 fully saturated rings. The molecule has 0 aliphatic carbocycles. The van der Waals surface area contributed by atoms with E-state index in [9.17, 15) is 9.18 Å². The highest BCUT2D eigenvalue weighted by Gasteiger charge is 2.11. The number of rotatable bonds is 5. The van der Waals surface area contributed by atoms with Gasteiger partial charge in [0.25, 0.3) is 5.91 Å². The summed E-state index contributed by atoms with van der Waals surface area (Å²) in [6.45, 7) is 6.18. The fourth-order valence-electron chi connectivity index (χ4n) is 2.56. The van der Waals surface area contributed by atoms with Crippen LogP contribution in [-0.4, -0.2) is 15.9 Å². The summed E-state index contributed by atoms with van der Waals surface area (Å²) in [6.07, 6.45) is 0. The highest BCUT2D eigenvalue weighted by Crippen LogP contribution is 2.18. The molecule has 0 aliphatic heterocycles. The SMILES string of the molecule is Cc1cc(C(=O)NCc2ccc(F)cc2)nc(Nc2ccc(C)c(C)c2)n1. The largest absolute Gasteiger partial charge is 0.347 e. The van der Waals surface area contributed by atoms with Crippen molar-refractivity contribution in [1.82, 2.24) is 15.3 Å². The summed E-state index contributed by atoms with van der Waals surface area (Å²) in [5, 5.41) is 5.93. The first kappa shape index (κ1) is 18.5. The number of nitrogens with one attached hydrogen (secondary N) is 2. The van der Waals surface area contributed by atoms with Crippen LogP contribution in [0.2, 0.25) is 0 Å². The van der Waals surface area contributed by atoms with Gasteiger partial charge < -0.3 is 10.6 Å². The van der Waals surface area contributed by atoms with Gasteiger partial charge in [-0.15, -0.1) is 0 Å². The number of hydrogen-bond donors (Lipinski definition) is 2. The Bertz CT molecular complexity index is 970. The lowest BCUT2D eigenvalue weighted by Gasteiger charge is -2.10. The van der Waals surface area contributed by atoms with E-state index in [4.69, 9.17) is 0 Å². The molecule has 27 heavy (non-hydrogen) atoms. The number of carbonyl (C=O) groups excluding carboxylic acids is 1.